The standard InChI is InChI=1S/C20H21NO5/c1-2-25-18-12-15(9-11-20(23)24)8-10-17(18)26-14-19(22)21-13-16-6-4-3-5-7-16/h3-12H,2,13-14H2,1H3,(H,21,22)(H,23,24)/b11-9+. The van der Waals surface area contributed by atoms with Crippen molar-refractivity contribution >= 4 is 18.0 Å². The second-order valence-corrected chi connectivity index (χ2v) is 5.36. The fraction of sp³-hybridized carbons (Fsp3) is 0.200. The zero-order valence-corrected chi connectivity index (χ0v) is 14.5. The highest BCUT2D eigenvalue weighted by molar-refractivity contribution is 5.85. The molecule has 6 nitrogen and oxygen atoms in total. The molecule has 0 aliphatic rings. The van der Waals surface area contributed by atoms with Crippen LogP contribution in [0.5, 0.6) is 11.5 Å². The summed E-state index contributed by atoms with van der Waals surface area (Å²) in [4.78, 5) is 22.6. The minimum Gasteiger partial charge on any atom is -0.490 e. The predicted molar refractivity (Wildman–Crippen MR) is 98.1 cm³/mol. The number of carboxylic acids is 1. The van der Waals surface area contributed by atoms with E-state index < -0.39 is 5.97 Å². The SMILES string of the molecule is CCOc1cc(/C=C/C(=O)O)ccc1OCC(=O)NCc1ccccc1. The number of hydrogen-bond donors (Lipinski definition) is 2. The lowest BCUT2D eigenvalue weighted by Gasteiger charge is -2.12. The van der Waals surface area contributed by atoms with Gasteiger partial charge in [0.1, 0.15) is 0 Å². The van der Waals surface area contributed by atoms with Crippen molar-refractivity contribution in [3.63, 3.8) is 0 Å². The first-order chi connectivity index (χ1) is 12.6. The van der Waals surface area contributed by atoms with E-state index in [9.17, 15) is 9.59 Å². The molecule has 2 aromatic carbocycles. The lowest BCUT2D eigenvalue weighted by atomic mass is 10.2. The molecule has 2 rings (SSSR count). The number of carbonyl (C=O) groups is 2. The molecular weight excluding hydrogens is 334 g/mol. The van der Waals surface area contributed by atoms with Crippen molar-refractivity contribution in [2.24, 2.45) is 0 Å². The van der Waals surface area contributed by atoms with Gasteiger partial charge in [-0.1, -0.05) is 36.4 Å². The number of rotatable bonds is 9. The Balaban J connectivity index is 1.94. The Morgan fingerprint density at radius 3 is 2.54 bits per heavy atom. The first-order valence-electron chi connectivity index (χ1n) is 8.19. The maximum absolute atomic E-state index is 11.9. The normalized spacial score (nSPS) is 10.5. The van der Waals surface area contributed by atoms with Gasteiger partial charge in [-0.15, -0.1) is 0 Å². The summed E-state index contributed by atoms with van der Waals surface area (Å²) in [6, 6.07) is 14.6. The van der Waals surface area contributed by atoms with Crippen LogP contribution in [0.25, 0.3) is 6.08 Å². The van der Waals surface area contributed by atoms with E-state index in [1.165, 1.54) is 6.08 Å². The van der Waals surface area contributed by atoms with E-state index in [0.717, 1.165) is 11.6 Å². The molecule has 0 saturated heterocycles. The van der Waals surface area contributed by atoms with Gasteiger partial charge in [-0.2, -0.15) is 0 Å². The highest BCUT2D eigenvalue weighted by Gasteiger charge is 2.09. The third-order valence-corrected chi connectivity index (χ3v) is 3.38. The van der Waals surface area contributed by atoms with E-state index >= 15 is 0 Å². The summed E-state index contributed by atoms with van der Waals surface area (Å²) >= 11 is 0. The lowest BCUT2D eigenvalue weighted by Crippen LogP contribution is -2.28. The van der Waals surface area contributed by atoms with Crippen LogP contribution in [0, 0.1) is 0 Å². The van der Waals surface area contributed by atoms with E-state index in [1.807, 2.05) is 37.3 Å². The number of carbonyl (C=O) groups excluding carboxylic acids is 1. The van der Waals surface area contributed by atoms with Crippen LogP contribution in [0.3, 0.4) is 0 Å². The lowest BCUT2D eigenvalue weighted by molar-refractivity contribution is -0.131. The van der Waals surface area contributed by atoms with Gasteiger partial charge >= 0.3 is 5.97 Å². The van der Waals surface area contributed by atoms with Gasteiger partial charge in [0.25, 0.3) is 5.91 Å². The Morgan fingerprint density at radius 2 is 1.85 bits per heavy atom. The number of hydrogen-bond acceptors (Lipinski definition) is 4. The Bertz CT molecular complexity index is 771. The highest BCUT2D eigenvalue weighted by atomic mass is 16.5. The Kier molecular flexibility index (Phi) is 7.24. The summed E-state index contributed by atoms with van der Waals surface area (Å²) in [6.45, 7) is 2.54. The molecule has 0 fully saturated rings. The number of benzene rings is 2. The van der Waals surface area contributed by atoms with Gasteiger partial charge < -0.3 is 19.9 Å². The molecule has 0 aliphatic heterocycles. The fourth-order valence-corrected chi connectivity index (χ4v) is 2.17. The van der Waals surface area contributed by atoms with E-state index in [2.05, 4.69) is 5.32 Å². The third kappa shape index (κ3) is 6.32. The van der Waals surface area contributed by atoms with E-state index in [-0.39, 0.29) is 12.5 Å². The smallest absolute Gasteiger partial charge is 0.328 e. The maximum Gasteiger partial charge on any atom is 0.328 e. The van der Waals surface area contributed by atoms with Crippen molar-refractivity contribution in [3.05, 3.63) is 65.7 Å². The number of aliphatic carboxylic acids is 1. The van der Waals surface area contributed by atoms with Crippen LogP contribution < -0.4 is 14.8 Å². The molecule has 0 heterocycles. The van der Waals surface area contributed by atoms with Crippen molar-refractivity contribution in [2.45, 2.75) is 13.5 Å². The van der Waals surface area contributed by atoms with Crippen LogP contribution in [-0.4, -0.2) is 30.2 Å². The van der Waals surface area contributed by atoms with Crippen molar-refractivity contribution in [1.29, 1.82) is 0 Å². The third-order valence-electron chi connectivity index (χ3n) is 3.38. The first kappa shape index (κ1) is 19.1. The van der Waals surface area contributed by atoms with Crippen molar-refractivity contribution in [2.75, 3.05) is 13.2 Å². The monoisotopic (exact) mass is 355 g/mol. The number of nitrogens with one attached hydrogen (secondary N) is 1. The van der Waals surface area contributed by atoms with Crippen LogP contribution in [-0.2, 0) is 16.1 Å². The molecule has 26 heavy (non-hydrogen) atoms. The zero-order valence-electron chi connectivity index (χ0n) is 14.5. The minimum atomic E-state index is -1.03. The van der Waals surface area contributed by atoms with E-state index in [4.69, 9.17) is 14.6 Å². The molecule has 1 amide bonds. The van der Waals surface area contributed by atoms with Crippen molar-refractivity contribution in [3.8, 4) is 11.5 Å². The molecular formula is C20H21NO5. The number of ether oxygens (including phenoxy) is 2. The van der Waals surface area contributed by atoms with Gasteiger partial charge in [-0.3, -0.25) is 4.79 Å². The molecule has 2 aromatic rings. The first-order valence-corrected chi connectivity index (χ1v) is 8.19. The molecule has 2 N–H and O–H groups in total. The average molecular weight is 355 g/mol. The van der Waals surface area contributed by atoms with E-state index in [0.29, 0.717) is 30.2 Å². The molecule has 0 saturated carbocycles. The number of carboxylic acid groups (broad SMARTS) is 1. The summed E-state index contributed by atoms with van der Waals surface area (Å²) in [5, 5.41) is 11.5. The summed E-state index contributed by atoms with van der Waals surface area (Å²) in [7, 11) is 0. The van der Waals surface area contributed by atoms with Crippen LogP contribution in [0.2, 0.25) is 0 Å². The molecule has 0 unspecified atom stereocenters. The fourth-order valence-electron chi connectivity index (χ4n) is 2.17. The average Bonchev–Trinajstić information content (AvgIpc) is 2.65. The van der Waals surface area contributed by atoms with Crippen LogP contribution >= 0.6 is 0 Å². The molecule has 6 heteroatoms. The molecule has 0 aromatic heterocycles. The Morgan fingerprint density at radius 1 is 1.08 bits per heavy atom. The molecule has 0 atom stereocenters. The van der Waals surface area contributed by atoms with Gasteiger partial charge in [0.05, 0.1) is 6.61 Å². The minimum absolute atomic E-state index is 0.142. The summed E-state index contributed by atoms with van der Waals surface area (Å²) < 4.78 is 11.1. The topological polar surface area (TPSA) is 84.9 Å². The van der Waals surface area contributed by atoms with Crippen LogP contribution in [0.1, 0.15) is 18.1 Å². The summed E-state index contributed by atoms with van der Waals surface area (Å²) in [5.74, 6) is -0.394. The molecule has 136 valence electrons. The highest BCUT2D eigenvalue weighted by Crippen LogP contribution is 2.29. The van der Waals surface area contributed by atoms with Gasteiger partial charge in [0, 0.05) is 12.6 Å². The van der Waals surface area contributed by atoms with Crippen LogP contribution in [0.4, 0.5) is 0 Å². The summed E-state index contributed by atoms with van der Waals surface area (Å²) in [6.07, 6.45) is 2.50. The zero-order chi connectivity index (χ0) is 18.8. The predicted octanol–water partition coefficient (Wildman–Crippen LogP) is 2.88. The summed E-state index contributed by atoms with van der Waals surface area (Å²) in [5.41, 5.74) is 1.67. The quantitative estimate of drug-likeness (QED) is 0.676. The second-order valence-electron chi connectivity index (χ2n) is 5.36. The van der Waals surface area contributed by atoms with Gasteiger partial charge in [0.15, 0.2) is 18.1 Å². The van der Waals surface area contributed by atoms with E-state index in [1.54, 1.807) is 18.2 Å². The van der Waals surface area contributed by atoms with Gasteiger partial charge in [0.2, 0.25) is 0 Å². The molecule has 0 bridgehead atoms. The Hall–Kier alpha value is -3.28. The van der Waals surface area contributed by atoms with Crippen molar-refractivity contribution in [1.82, 2.24) is 5.32 Å². The number of amides is 1. The van der Waals surface area contributed by atoms with Crippen LogP contribution in [0.15, 0.2) is 54.6 Å². The maximum atomic E-state index is 11.9. The molecule has 0 aliphatic carbocycles. The Labute approximate surface area is 152 Å². The van der Waals surface area contributed by atoms with Gasteiger partial charge in [-0.25, -0.2) is 4.79 Å². The molecule has 0 spiro atoms. The molecule has 0 radical (unpaired) electrons. The largest absolute Gasteiger partial charge is 0.490 e. The second kappa shape index (κ2) is 9.88. The van der Waals surface area contributed by atoms with Crippen molar-refractivity contribution < 1.29 is 24.2 Å². The van der Waals surface area contributed by atoms with Gasteiger partial charge in [-0.05, 0) is 36.3 Å².